The first kappa shape index (κ1) is 21.5. The van der Waals surface area contributed by atoms with Gasteiger partial charge in [0.25, 0.3) is 0 Å². The molecule has 0 saturated carbocycles. The minimum atomic E-state index is -0.400. The lowest BCUT2D eigenvalue weighted by molar-refractivity contribution is 0.487. The van der Waals surface area contributed by atoms with Crippen molar-refractivity contribution >= 4 is 43.1 Å². The van der Waals surface area contributed by atoms with Crippen LogP contribution in [0.5, 0.6) is 11.5 Å². The predicted molar refractivity (Wildman–Crippen MR) is 198 cm³/mol. The van der Waals surface area contributed by atoms with Crippen LogP contribution in [-0.2, 0) is 0 Å². The van der Waals surface area contributed by atoms with E-state index >= 15 is 0 Å². The SMILES string of the molecule is [2H]c1c([2H])c([2H])c(-c2c3ccccc3c(-c3ccc(-c4ccc5c(c4)Oc4cccc6cccc-5c46)c4ccccc34)c3ccccc23)c([2H])c1[2H]. The lowest BCUT2D eigenvalue weighted by Crippen LogP contribution is -1.97. The Labute approximate surface area is 280 Å². The highest BCUT2D eigenvalue weighted by Crippen LogP contribution is 2.49. The van der Waals surface area contributed by atoms with E-state index in [-0.39, 0.29) is 29.7 Å². The first-order chi connectivity index (χ1) is 25.4. The predicted octanol–water partition coefficient (Wildman–Crippen LogP) is 13.1. The van der Waals surface area contributed by atoms with Crippen LogP contribution in [0.2, 0.25) is 0 Å². The molecule has 0 saturated heterocycles. The van der Waals surface area contributed by atoms with E-state index in [9.17, 15) is 0 Å². The number of hydrogen-bond donors (Lipinski definition) is 0. The summed E-state index contributed by atoms with van der Waals surface area (Å²) in [7, 11) is 0. The smallest absolute Gasteiger partial charge is 0.135 e. The molecular formula is C46H28O. The van der Waals surface area contributed by atoms with Crippen LogP contribution in [-0.4, -0.2) is 0 Å². The summed E-state index contributed by atoms with van der Waals surface area (Å²) < 4.78 is 49.5. The minimum Gasteiger partial charge on any atom is -0.456 e. The van der Waals surface area contributed by atoms with Crippen LogP contribution in [0.1, 0.15) is 6.85 Å². The average molecular weight is 602 g/mol. The summed E-state index contributed by atoms with van der Waals surface area (Å²) in [5.74, 6) is 1.70. The topological polar surface area (TPSA) is 9.23 Å². The van der Waals surface area contributed by atoms with Crippen molar-refractivity contribution in [3.63, 3.8) is 0 Å². The summed E-state index contributed by atoms with van der Waals surface area (Å²) >= 11 is 0. The minimum absolute atomic E-state index is 0.207. The molecule has 0 spiro atoms. The van der Waals surface area contributed by atoms with Gasteiger partial charge < -0.3 is 4.74 Å². The van der Waals surface area contributed by atoms with Gasteiger partial charge in [-0.25, -0.2) is 0 Å². The molecule has 1 nitrogen and oxygen atoms in total. The molecule has 0 atom stereocenters. The Bertz CT molecular complexity index is 2910. The summed E-state index contributed by atoms with van der Waals surface area (Å²) in [6, 6.07) is 46.4. The van der Waals surface area contributed by atoms with E-state index in [0.29, 0.717) is 5.56 Å². The molecule has 0 unspecified atom stereocenters. The molecule has 0 fully saturated rings. The fraction of sp³-hybridized carbons (Fsp3) is 0. The maximum absolute atomic E-state index is 8.90. The molecular weight excluding hydrogens is 569 g/mol. The normalized spacial score (nSPS) is 13.5. The Morgan fingerprint density at radius 2 is 0.957 bits per heavy atom. The molecule has 0 bridgehead atoms. The summed E-state index contributed by atoms with van der Waals surface area (Å²) in [5, 5.41) is 8.01. The Balaban J connectivity index is 1.21. The highest BCUT2D eigenvalue weighted by molar-refractivity contribution is 6.24. The van der Waals surface area contributed by atoms with E-state index in [0.717, 1.165) is 82.4 Å². The molecule has 1 heteroatoms. The lowest BCUT2D eigenvalue weighted by Gasteiger charge is -2.22. The average Bonchev–Trinajstić information content (AvgIpc) is 3.19. The second-order valence-electron chi connectivity index (χ2n) is 12.0. The fourth-order valence-electron chi connectivity index (χ4n) is 7.56. The zero-order valence-electron chi connectivity index (χ0n) is 30.2. The van der Waals surface area contributed by atoms with Crippen molar-refractivity contribution in [3.8, 4) is 56.0 Å². The molecule has 1 aliphatic heterocycles. The van der Waals surface area contributed by atoms with Gasteiger partial charge >= 0.3 is 0 Å². The van der Waals surface area contributed by atoms with Crippen LogP contribution < -0.4 is 4.74 Å². The van der Waals surface area contributed by atoms with Crippen LogP contribution in [0.25, 0.3) is 87.6 Å². The van der Waals surface area contributed by atoms with E-state index in [4.69, 9.17) is 11.6 Å². The molecule has 0 amide bonds. The number of hydrogen-bond acceptors (Lipinski definition) is 1. The monoisotopic (exact) mass is 601 g/mol. The Hall–Kier alpha value is -6.18. The Morgan fingerprint density at radius 3 is 1.66 bits per heavy atom. The molecule has 47 heavy (non-hydrogen) atoms. The van der Waals surface area contributed by atoms with E-state index in [1.54, 1.807) is 0 Å². The van der Waals surface area contributed by atoms with E-state index in [1.807, 2.05) is 48.5 Å². The van der Waals surface area contributed by atoms with Crippen molar-refractivity contribution in [1.29, 1.82) is 0 Å². The van der Waals surface area contributed by atoms with Crippen LogP contribution >= 0.6 is 0 Å². The zero-order chi connectivity index (χ0) is 35.2. The van der Waals surface area contributed by atoms with Crippen LogP contribution in [0, 0.1) is 0 Å². The Kier molecular flexibility index (Phi) is 4.66. The van der Waals surface area contributed by atoms with Gasteiger partial charge in [0.05, 0.1) is 6.85 Å². The molecule has 1 aliphatic rings. The van der Waals surface area contributed by atoms with Crippen molar-refractivity contribution in [2.75, 3.05) is 0 Å². The third-order valence-electron chi connectivity index (χ3n) is 9.54. The van der Waals surface area contributed by atoms with Crippen LogP contribution in [0.4, 0.5) is 0 Å². The molecule has 9 aromatic carbocycles. The molecule has 0 N–H and O–H groups in total. The molecule has 0 aliphatic carbocycles. The van der Waals surface area contributed by atoms with E-state index < -0.39 is 6.04 Å². The standard InChI is InChI=1S/C46H28O/c1-2-12-29(13-3-1)44-37-18-6-8-20-39(37)46(40-21-9-7-19-38(40)44)41-27-26-32(33-16-4-5-17-34(33)41)31-24-25-35-36-22-10-14-30-15-11-23-42(45(30)36)47-43(35)28-31/h1-28H/i1D,2D,3D,12D,13D. The third kappa shape index (κ3) is 3.90. The molecule has 1 heterocycles. The molecule has 9 aromatic rings. The summed E-state index contributed by atoms with van der Waals surface area (Å²) in [4.78, 5) is 0. The van der Waals surface area contributed by atoms with Gasteiger partial charge in [-0.05, 0) is 94.8 Å². The highest BCUT2D eigenvalue weighted by atomic mass is 16.5. The van der Waals surface area contributed by atoms with Crippen molar-refractivity contribution in [3.05, 3.63) is 170 Å². The zero-order valence-corrected chi connectivity index (χ0v) is 25.2. The van der Waals surface area contributed by atoms with Gasteiger partial charge in [0, 0.05) is 10.9 Å². The molecule has 10 rings (SSSR count). The van der Waals surface area contributed by atoms with Crippen LogP contribution in [0.15, 0.2) is 170 Å². The first-order valence-electron chi connectivity index (χ1n) is 18.3. The first-order valence-corrected chi connectivity index (χ1v) is 15.8. The summed E-state index contributed by atoms with van der Waals surface area (Å²) in [5.41, 5.74) is 7.32. The second-order valence-corrected chi connectivity index (χ2v) is 12.0. The summed E-state index contributed by atoms with van der Waals surface area (Å²) in [6.07, 6.45) is 0. The van der Waals surface area contributed by atoms with Gasteiger partial charge in [-0.1, -0.05) is 152 Å². The number of rotatable bonds is 3. The number of benzene rings is 9. The van der Waals surface area contributed by atoms with Gasteiger partial charge in [0.1, 0.15) is 11.5 Å². The highest BCUT2D eigenvalue weighted by Gasteiger charge is 2.22. The lowest BCUT2D eigenvalue weighted by atomic mass is 9.83. The van der Waals surface area contributed by atoms with Gasteiger partial charge in [-0.2, -0.15) is 0 Å². The van der Waals surface area contributed by atoms with Crippen molar-refractivity contribution in [1.82, 2.24) is 0 Å². The third-order valence-corrected chi connectivity index (χ3v) is 9.54. The maximum atomic E-state index is 8.90. The quantitative estimate of drug-likeness (QED) is 0.183. The second kappa shape index (κ2) is 10.2. The Morgan fingerprint density at radius 1 is 0.383 bits per heavy atom. The number of fused-ring (bicyclic) bond motifs is 5. The molecule has 0 aromatic heterocycles. The van der Waals surface area contributed by atoms with Gasteiger partial charge in [0.2, 0.25) is 0 Å². The van der Waals surface area contributed by atoms with Gasteiger partial charge in [-0.15, -0.1) is 0 Å². The van der Waals surface area contributed by atoms with Crippen molar-refractivity contribution in [2.24, 2.45) is 0 Å². The van der Waals surface area contributed by atoms with E-state index in [2.05, 4.69) is 91.0 Å². The maximum Gasteiger partial charge on any atom is 0.135 e. The molecule has 218 valence electrons. The van der Waals surface area contributed by atoms with Gasteiger partial charge in [0.15, 0.2) is 0 Å². The fourth-order valence-corrected chi connectivity index (χ4v) is 7.56. The number of ether oxygens (including phenoxy) is 1. The molecule has 0 radical (unpaired) electrons. The largest absolute Gasteiger partial charge is 0.456 e. The summed E-state index contributed by atoms with van der Waals surface area (Å²) in [6.45, 7) is 0. The van der Waals surface area contributed by atoms with E-state index in [1.165, 1.54) is 5.56 Å². The van der Waals surface area contributed by atoms with Crippen molar-refractivity contribution < 1.29 is 11.6 Å². The van der Waals surface area contributed by atoms with Crippen molar-refractivity contribution in [2.45, 2.75) is 0 Å². The van der Waals surface area contributed by atoms with Gasteiger partial charge in [-0.3, -0.25) is 0 Å². The van der Waals surface area contributed by atoms with Crippen LogP contribution in [0.3, 0.4) is 0 Å².